The lowest BCUT2D eigenvalue weighted by Crippen LogP contribution is -2.42. The van der Waals surface area contributed by atoms with Crippen molar-refractivity contribution in [3.05, 3.63) is 46.6 Å². The topological polar surface area (TPSA) is 126 Å². The summed E-state index contributed by atoms with van der Waals surface area (Å²) in [5.74, 6) is 1.23. The van der Waals surface area contributed by atoms with Gasteiger partial charge in [-0.15, -0.1) is 10.2 Å². The zero-order valence-corrected chi connectivity index (χ0v) is 18.3. The molecule has 0 aromatic carbocycles. The highest BCUT2D eigenvalue weighted by molar-refractivity contribution is 5.88. The molecule has 0 radical (unpaired) electrons. The fraction of sp³-hybridized carbons (Fsp3) is 0.409. The number of pyridine rings is 1. The molecule has 0 aliphatic carbocycles. The van der Waals surface area contributed by atoms with Crippen molar-refractivity contribution in [2.24, 2.45) is 0 Å². The number of aryl methyl sites for hydroxylation is 1. The van der Waals surface area contributed by atoms with Gasteiger partial charge in [-0.1, -0.05) is 0 Å². The molecule has 0 bridgehead atoms. The first-order valence-electron chi connectivity index (χ1n) is 10.6. The van der Waals surface area contributed by atoms with Crippen LogP contribution in [0.3, 0.4) is 0 Å². The number of nitrogens with one attached hydrogen (secondary N) is 1. The number of hydrogen-bond donors (Lipinski definition) is 2. The first kappa shape index (κ1) is 21.7. The van der Waals surface area contributed by atoms with Crippen LogP contribution in [0.5, 0.6) is 0 Å². The largest absolute Gasteiger partial charge is 0.460 e. The van der Waals surface area contributed by atoms with Gasteiger partial charge in [0.2, 0.25) is 0 Å². The summed E-state index contributed by atoms with van der Waals surface area (Å²) in [4.78, 5) is 30.9. The summed E-state index contributed by atoms with van der Waals surface area (Å²) in [7, 11) is 0. The fourth-order valence-electron chi connectivity index (χ4n) is 3.60. The number of piperidine rings is 1. The highest BCUT2D eigenvalue weighted by atomic mass is 16.3. The van der Waals surface area contributed by atoms with Crippen molar-refractivity contribution in [3.8, 4) is 22.7 Å². The molecule has 2 amide bonds. The van der Waals surface area contributed by atoms with Crippen LogP contribution in [-0.2, 0) is 0 Å². The summed E-state index contributed by atoms with van der Waals surface area (Å²) >= 11 is 0. The quantitative estimate of drug-likeness (QED) is 0.641. The molecular formula is C22H26N6O4. The van der Waals surface area contributed by atoms with Gasteiger partial charge in [0.15, 0.2) is 5.76 Å². The molecule has 0 spiro atoms. The standard InChI is InChI=1S/C22H26N6O4/c1-13(2)28-12-15(5-7-18(28)30)19-20(17-6-4-14(3)32-17)23-21(26-25-19)24-22(31)27-10-8-16(29)9-11-27/h4-7,12-13,16,29H,8-11H2,1-3H3,(H,23,24,26,31). The number of carbonyl (C=O) groups is 1. The van der Waals surface area contributed by atoms with Gasteiger partial charge in [0, 0.05) is 37.0 Å². The Balaban J connectivity index is 1.70. The molecule has 3 aromatic heterocycles. The SMILES string of the molecule is Cc1ccc(-c2nc(NC(=O)N3CCC(O)CC3)nnc2-c2ccc(=O)n(C(C)C)c2)o1. The van der Waals surface area contributed by atoms with Gasteiger partial charge in [-0.25, -0.2) is 9.78 Å². The number of urea groups is 1. The number of amides is 2. The van der Waals surface area contributed by atoms with Crippen molar-refractivity contribution in [1.29, 1.82) is 0 Å². The van der Waals surface area contributed by atoms with Crippen LogP contribution in [0.1, 0.15) is 38.5 Å². The molecule has 4 rings (SSSR count). The van der Waals surface area contributed by atoms with Crippen molar-refractivity contribution in [1.82, 2.24) is 24.6 Å². The van der Waals surface area contributed by atoms with E-state index in [-0.39, 0.29) is 29.7 Å². The molecule has 0 unspecified atom stereocenters. The van der Waals surface area contributed by atoms with Gasteiger partial charge in [-0.3, -0.25) is 10.1 Å². The minimum Gasteiger partial charge on any atom is -0.460 e. The zero-order chi connectivity index (χ0) is 22.8. The third kappa shape index (κ3) is 4.54. The highest BCUT2D eigenvalue weighted by Crippen LogP contribution is 2.30. The predicted molar refractivity (Wildman–Crippen MR) is 118 cm³/mol. The molecule has 10 nitrogen and oxygen atoms in total. The number of aliphatic hydroxyl groups excluding tert-OH is 1. The lowest BCUT2D eigenvalue weighted by atomic mass is 10.1. The van der Waals surface area contributed by atoms with Gasteiger partial charge in [-0.05, 0) is 51.8 Å². The Morgan fingerprint density at radius 2 is 1.91 bits per heavy atom. The van der Waals surface area contributed by atoms with Crippen LogP contribution in [0.25, 0.3) is 22.7 Å². The van der Waals surface area contributed by atoms with Crippen LogP contribution in [0.15, 0.2) is 39.7 Å². The monoisotopic (exact) mass is 438 g/mol. The molecule has 168 valence electrons. The lowest BCUT2D eigenvalue weighted by molar-refractivity contribution is 0.0971. The second kappa shape index (κ2) is 8.91. The fourth-order valence-corrected chi connectivity index (χ4v) is 3.60. The van der Waals surface area contributed by atoms with E-state index >= 15 is 0 Å². The highest BCUT2D eigenvalue weighted by Gasteiger charge is 2.23. The summed E-state index contributed by atoms with van der Waals surface area (Å²) in [6.45, 7) is 6.58. The van der Waals surface area contributed by atoms with Crippen LogP contribution >= 0.6 is 0 Å². The summed E-state index contributed by atoms with van der Waals surface area (Å²) in [6, 6.07) is 6.37. The van der Waals surface area contributed by atoms with Crippen LogP contribution < -0.4 is 10.9 Å². The van der Waals surface area contributed by atoms with E-state index in [2.05, 4.69) is 20.5 Å². The summed E-state index contributed by atoms with van der Waals surface area (Å²) in [5.41, 5.74) is 1.39. The molecular weight excluding hydrogens is 412 g/mol. The maximum atomic E-state index is 12.6. The summed E-state index contributed by atoms with van der Waals surface area (Å²) in [5, 5.41) is 20.7. The Morgan fingerprint density at radius 3 is 2.56 bits per heavy atom. The van der Waals surface area contributed by atoms with E-state index in [4.69, 9.17) is 4.42 Å². The van der Waals surface area contributed by atoms with E-state index in [1.807, 2.05) is 26.8 Å². The van der Waals surface area contributed by atoms with E-state index < -0.39 is 0 Å². The molecule has 4 heterocycles. The molecule has 10 heteroatoms. The van der Waals surface area contributed by atoms with Crippen LogP contribution in [-0.4, -0.2) is 55.0 Å². The minimum absolute atomic E-state index is 0.0284. The van der Waals surface area contributed by atoms with Crippen molar-refractivity contribution in [3.63, 3.8) is 0 Å². The minimum atomic E-state index is -0.376. The summed E-state index contributed by atoms with van der Waals surface area (Å²) < 4.78 is 7.38. The smallest absolute Gasteiger partial charge is 0.324 e. The van der Waals surface area contributed by atoms with Crippen LogP contribution in [0, 0.1) is 6.92 Å². The van der Waals surface area contributed by atoms with Crippen LogP contribution in [0.2, 0.25) is 0 Å². The Kier molecular flexibility index (Phi) is 6.04. The normalized spacial score (nSPS) is 14.7. The Morgan fingerprint density at radius 1 is 1.16 bits per heavy atom. The van der Waals surface area contributed by atoms with Crippen LogP contribution in [0.4, 0.5) is 10.7 Å². The van der Waals surface area contributed by atoms with Gasteiger partial charge >= 0.3 is 6.03 Å². The molecule has 0 atom stereocenters. The number of anilines is 1. The number of furan rings is 1. The third-order valence-corrected chi connectivity index (χ3v) is 5.40. The van der Waals surface area contributed by atoms with E-state index in [1.54, 1.807) is 27.8 Å². The number of hydrogen-bond acceptors (Lipinski definition) is 7. The van der Waals surface area contributed by atoms with Crippen molar-refractivity contribution in [2.75, 3.05) is 18.4 Å². The summed E-state index contributed by atoms with van der Waals surface area (Å²) in [6.07, 6.45) is 2.41. The number of carbonyl (C=O) groups excluding carboxylic acids is 1. The maximum absolute atomic E-state index is 12.6. The second-order valence-electron chi connectivity index (χ2n) is 8.15. The van der Waals surface area contributed by atoms with Crippen molar-refractivity contribution < 1.29 is 14.3 Å². The molecule has 2 N–H and O–H groups in total. The van der Waals surface area contributed by atoms with Gasteiger partial charge in [0.05, 0.1) is 6.10 Å². The molecule has 0 saturated carbocycles. The van der Waals surface area contributed by atoms with Gasteiger partial charge in [0.25, 0.3) is 11.5 Å². The average Bonchev–Trinajstić information content (AvgIpc) is 3.20. The number of nitrogens with zero attached hydrogens (tertiary/aromatic N) is 5. The van der Waals surface area contributed by atoms with E-state index in [0.717, 1.165) is 0 Å². The average molecular weight is 438 g/mol. The molecule has 32 heavy (non-hydrogen) atoms. The molecule has 1 saturated heterocycles. The predicted octanol–water partition coefficient (Wildman–Crippen LogP) is 2.84. The van der Waals surface area contributed by atoms with Crippen molar-refractivity contribution in [2.45, 2.75) is 45.8 Å². The molecule has 3 aromatic rings. The van der Waals surface area contributed by atoms with Gasteiger partial charge < -0.3 is 19.0 Å². The Labute approximate surface area is 184 Å². The second-order valence-corrected chi connectivity index (χ2v) is 8.15. The van der Waals surface area contributed by atoms with Crippen molar-refractivity contribution >= 4 is 12.0 Å². The Hall–Kier alpha value is -3.53. The number of aliphatic hydroxyl groups is 1. The Bertz CT molecular complexity index is 1180. The maximum Gasteiger partial charge on any atom is 0.324 e. The van der Waals surface area contributed by atoms with E-state index in [0.29, 0.717) is 54.4 Å². The van der Waals surface area contributed by atoms with E-state index in [1.165, 1.54) is 6.07 Å². The van der Waals surface area contributed by atoms with Gasteiger partial charge in [-0.2, -0.15) is 0 Å². The lowest BCUT2D eigenvalue weighted by Gasteiger charge is -2.29. The molecule has 1 aliphatic heterocycles. The number of likely N-dealkylation sites (tertiary alicyclic amines) is 1. The molecule has 1 aliphatic rings. The third-order valence-electron chi connectivity index (χ3n) is 5.40. The first-order valence-corrected chi connectivity index (χ1v) is 10.6. The first-order chi connectivity index (χ1) is 15.3. The van der Waals surface area contributed by atoms with Gasteiger partial charge in [0.1, 0.15) is 17.1 Å². The van der Waals surface area contributed by atoms with E-state index in [9.17, 15) is 14.7 Å². The number of aromatic nitrogens is 4. The zero-order valence-electron chi connectivity index (χ0n) is 18.3. The molecule has 1 fully saturated rings. The number of rotatable bonds is 4.